The first-order chi connectivity index (χ1) is 7.50. The molecule has 1 rings (SSSR count). The van der Waals surface area contributed by atoms with Gasteiger partial charge in [-0.25, -0.2) is 8.78 Å². The molecule has 0 saturated carbocycles. The van der Waals surface area contributed by atoms with Crippen LogP contribution in [0, 0.1) is 11.6 Å². The number of rotatable bonds is 5. The Balaban J connectivity index is 2.62. The third kappa shape index (κ3) is 3.70. The van der Waals surface area contributed by atoms with E-state index in [0.717, 1.165) is 18.2 Å². The largest absolute Gasteiger partial charge is 0.314 e. The van der Waals surface area contributed by atoms with Crippen molar-refractivity contribution in [1.82, 2.24) is 5.32 Å². The molecule has 0 saturated heterocycles. The molecule has 0 bridgehead atoms. The van der Waals surface area contributed by atoms with Gasteiger partial charge < -0.3 is 5.32 Å². The van der Waals surface area contributed by atoms with Gasteiger partial charge in [-0.05, 0) is 18.2 Å². The molecular weight excluding hydrogens is 212 g/mol. The molecule has 0 heterocycles. The lowest BCUT2D eigenvalue weighted by atomic mass is 10.1. The fraction of sp³-hybridized carbons (Fsp3) is 0.417. The predicted molar refractivity (Wildman–Crippen MR) is 58.4 cm³/mol. The van der Waals surface area contributed by atoms with E-state index in [4.69, 9.17) is 0 Å². The van der Waals surface area contributed by atoms with Gasteiger partial charge in [0.25, 0.3) is 0 Å². The number of hydrogen-bond acceptors (Lipinski definition) is 2. The number of carbonyl (C=O) groups is 1. The van der Waals surface area contributed by atoms with Crippen molar-refractivity contribution in [1.29, 1.82) is 0 Å². The quantitative estimate of drug-likeness (QED) is 0.783. The summed E-state index contributed by atoms with van der Waals surface area (Å²) in [6.07, 6.45) is 0.165. The Bertz CT molecular complexity index is 377. The SMILES string of the molecule is CC(C)NCCC(=O)c1cc(F)ccc1F. The van der Waals surface area contributed by atoms with Crippen LogP contribution in [0.3, 0.4) is 0 Å². The Morgan fingerprint density at radius 2 is 2.06 bits per heavy atom. The summed E-state index contributed by atoms with van der Waals surface area (Å²) in [5.41, 5.74) is -0.175. The first-order valence-corrected chi connectivity index (χ1v) is 5.22. The Hall–Kier alpha value is -1.29. The molecule has 0 aliphatic rings. The lowest BCUT2D eigenvalue weighted by Crippen LogP contribution is -2.25. The van der Waals surface area contributed by atoms with E-state index in [2.05, 4.69) is 5.32 Å². The maximum Gasteiger partial charge on any atom is 0.167 e. The molecule has 0 spiro atoms. The summed E-state index contributed by atoms with van der Waals surface area (Å²) in [5, 5.41) is 3.04. The summed E-state index contributed by atoms with van der Waals surface area (Å²) in [5.74, 6) is -1.65. The molecular formula is C12H15F2NO. The summed E-state index contributed by atoms with van der Waals surface area (Å²) in [6, 6.07) is 3.18. The molecule has 0 radical (unpaired) electrons. The molecule has 0 aliphatic heterocycles. The van der Waals surface area contributed by atoms with E-state index in [1.54, 1.807) is 0 Å². The van der Waals surface area contributed by atoms with Crippen LogP contribution in [0.5, 0.6) is 0 Å². The second-order valence-electron chi connectivity index (χ2n) is 3.91. The smallest absolute Gasteiger partial charge is 0.167 e. The standard InChI is InChI=1S/C12H15F2NO/c1-8(2)15-6-5-12(16)10-7-9(13)3-4-11(10)14/h3-4,7-8,15H,5-6H2,1-2H3. The molecule has 16 heavy (non-hydrogen) atoms. The molecule has 0 amide bonds. The van der Waals surface area contributed by atoms with Gasteiger partial charge in [0.1, 0.15) is 11.6 Å². The van der Waals surface area contributed by atoms with Gasteiger partial charge in [-0.2, -0.15) is 0 Å². The molecule has 1 aromatic carbocycles. The monoisotopic (exact) mass is 227 g/mol. The normalized spacial score (nSPS) is 10.8. The zero-order chi connectivity index (χ0) is 12.1. The van der Waals surface area contributed by atoms with E-state index >= 15 is 0 Å². The third-order valence-corrected chi connectivity index (χ3v) is 2.13. The van der Waals surface area contributed by atoms with Gasteiger partial charge in [-0.3, -0.25) is 4.79 Å². The van der Waals surface area contributed by atoms with Gasteiger partial charge in [-0.15, -0.1) is 0 Å². The average molecular weight is 227 g/mol. The van der Waals surface area contributed by atoms with E-state index in [1.807, 2.05) is 13.8 Å². The Kier molecular flexibility index (Phi) is 4.55. The van der Waals surface area contributed by atoms with Crippen molar-refractivity contribution >= 4 is 5.78 Å². The van der Waals surface area contributed by atoms with Crippen LogP contribution in [-0.2, 0) is 0 Å². The first-order valence-electron chi connectivity index (χ1n) is 5.22. The summed E-state index contributed by atoms with van der Waals surface area (Å²) in [7, 11) is 0. The highest BCUT2D eigenvalue weighted by molar-refractivity contribution is 5.96. The summed E-state index contributed by atoms with van der Waals surface area (Å²) >= 11 is 0. The highest BCUT2D eigenvalue weighted by Gasteiger charge is 2.12. The summed E-state index contributed by atoms with van der Waals surface area (Å²) in [4.78, 5) is 11.6. The molecule has 0 fully saturated rings. The van der Waals surface area contributed by atoms with Crippen molar-refractivity contribution in [2.75, 3.05) is 6.54 Å². The number of ketones is 1. The summed E-state index contributed by atoms with van der Waals surface area (Å²) in [6.45, 7) is 4.37. The molecule has 1 N–H and O–H groups in total. The maximum atomic E-state index is 13.2. The number of Topliss-reactive ketones (excluding diaryl/α,β-unsaturated/α-hetero) is 1. The van der Waals surface area contributed by atoms with Crippen LogP contribution >= 0.6 is 0 Å². The van der Waals surface area contributed by atoms with E-state index in [1.165, 1.54) is 0 Å². The van der Waals surface area contributed by atoms with Gasteiger partial charge in [0.2, 0.25) is 0 Å². The number of benzene rings is 1. The van der Waals surface area contributed by atoms with Crippen LogP contribution in [-0.4, -0.2) is 18.4 Å². The van der Waals surface area contributed by atoms with Crippen molar-refractivity contribution in [2.24, 2.45) is 0 Å². The molecule has 0 atom stereocenters. The number of halogens is 2. The minimum Gasteiger partial charge on any atom is -0.314 e. The zero-order valence-electron chi connectivity index (χ0n) is 9.39. The lowest BCUT2D eigenvalue weighted by molar-refractivity contribution is 0.0977. The topological polar surface area (TPSA) is 29.1 Å². The minimum absolute atomic E-state index is 0.165. The fourth-order valence-corrected chi connectivity index (χ4v) is 1.32. The van der Waals surface area contributed by atoms with Crippen molar-refractivity contribution in [3.63, 3.8) is 0 Å². The van der Waals surface area contributed by atoms with Crippen molar-refractivity contribution in [3.05, 3.63) is 35.4 Å². The molecule has 0 unspecified atom stereocenters. The third-order valence-electron chi connectivity index (χ3n) is 2.13. The van der Waals surface area contributed by atoms with E-state index in [0.29, 0.717) is 6.54 Å². The lowest BCUT2D eigenvalue weighted by Gasteiger charge is -2.07. The Labute approximate surface area is 93.7 Å². The van der Waals surface area contributed by atoms with Gasteiger partial charge in [0, 0.05) is 19.0 Å². The predicted octanol–water partition coefficient (Wildman–Crippen LogP) is 2.54. The highest BCUT2D eigenvalue weighted by Crippen LogP contribution is 2.11. The van der Waals surface area contributed by atoms with Crippen molar-refractivity contribution < 1.29 is 13.6 Å². The summed E-state index contributed by atoms with van der Waals surface area (Å²) < 4.78 is 26.0. The van der Waals surface area contributed by atoms with Gasteiger partial charge >= 0.3 is 0 Å². The fourth-order valence-electron chi connectivity index (χ4n) is 1.32. The van der Waals surface area contributed by atoms with E-state index < -0.39 is 11.6 Å². The maximum absolute atomic E-state index is 13.2. The molecule has 88 valence electrons. The van der Waals surface area contributed by atoms with Gasteiger partial charge in [-0.1, -0.05) is 13.8 Å². The van der Waals surface area contributed by atoms with Gasteiger partial charge in [0.15, 0.2) is 5.78 Å². The van der Waals surface area contributed by atoms with E-state index in [9.17, 15) is 13.6 Å². The average Bonchev–Trinajstić information content (AvgIpc) is 2.21. The first kappa shape index (κ1) is 12.8. The molecule has 2 nitrogen and oxygen atoms in total. The van der Waals surface area contributed by atoms with Crippen LogP contribution in [0.25, 0.3) is 0 Å². The van der Waals surface area contributed by atoms with Crippen LogP contribution in [0.2, 0.25) is 0 Å². The molecule has 0 aromatic heterocycles. The Morgan fingerprint density at radius 1 is 1.38 bits per heavy atom. The Morgan fingerprint density at radius 3 is 2.69 bits per heavy atom. The van der Waals surface area contributed by atoms with Crippen molar-refractivity contribution in [2.45, 2.75) is 26.3 Å². The number of carbonyl (C=O) groups excluding carboxylic acids is 1. The van der Waals surface area contributed by atoms with E-state index in [-0.39, 0.29) is 23.8 Å². The molecule has 1 aromatic rings. The van der Waals surface area contributed by atoms with Crippen LogP contribution in [0.4, 0.5) is 8.78 Å². The zero-order valence-corrected chi connectivity index (χ0v) is 9.39. The second-order valence-corrected chi connectivity index (χ2v) is 3.91. The van der Waals surface area contributed by atoms with Gasteiger partial charge in [0.05, 0.1) is 5.56 Å². The highest BCUT2D eigenvalue weighted by atomic mass is 19.1. The van der Waals surface area contributed by atoms with Crippen LogP contribution < -0.4 is 5.32 Å². The minimum atomic E-state index is -0.670. The van der Waals surface area contributed by atoms with Crippen LogP contribution in [0.15, 0.2) is 18.2 Å². The number of hydrogen-bond donors (Lipinski definition) is 1. The molecule has 0 aliphatic carbocycles. The van der Waals surface area contributed by atoms with Crippen LogP contribution in [0.1, 0.15) is 30.6 Å². The van der Waals surface area contributed by atoms with Crippen molar-refractivity contribution in [3.8, 4) is 0 Å². The molecule has 4 heteroatoms. The second kappa shape index (κ2) is 5.70. The number of nitrogens with one attached hydrogen (secondary N) is 1.